The highest BCUT2D eigenvalue weighted by molar-refractivity contribution is 5.67. The van der Waals surface area contributed by atoms with Crippen LogP contribution in [0, 0.1) is 0 Å². The first-order chi connectivity index (χ1) is 8.87. The summed E-state index contributed by atoms with van der Waals surface area (Å²) in [6, 6.07) is 9.50. The van der Waals surface area contributed by atoms with Crippen molar-refractivity contribution in [3.8, 4) is 0 Å². The van der Waals surface area contributed by atoms with Crippen LogP contribution in [0.25, 0.3) is 0 Å². The van der Waals surface area contributed by atoms with Crippen LogP contribution < -0.4 is 5.32 Å². The number of ether oxygens (including phenoxy) is 2. The molecule has 0 aliphatic carbocycles. The second-order valence-corrected chi connectivity index (χ2v) is 5.53. The lowest BCUT2D eigenvalue weighted by Gasteiger charge is -2.22. The fourth-order valence-corrected chi connectivity index (χ4v) is 1.38. The molecule has 0 radical (unpaired) electrons. The second kappa shape index (κ2) is 7.14. The third-order valence-electron chi connectivity index (χ3n) is 2.34. The van der Waals surface area contributed by atoms with Crippen molar-refractivity contribution < 1.29 is 14.3 Å². The summed E-state index contributed by atoms with van der Waals surface area (Å²) in [5, 5.41) is 2.74. The highest BCUT2D eigenvalue weighted by Gasteiger charge is 2.14. The van der Waals surface area contributed by atoms with E-state index in [9.17, 15) is 4.79 Å². The molecule has 1 aromatic carbocycles. The van der Waals surface area contributed by atoms with Crippen molar-refractivity contribution in [1.29, 1.82) is 0 Å². The van der Waals surface area contributed by atoms with Gasteiger partial charge in [-0.3, -0.25) is 0 Å². The van der Waals surface area contributed by atoms with Crippen molar-refractivity contribution in [2.24, 2.45) is 0 Å². The highest BCUT2D eigenvalue weighted by atomic mass is 16.5. The van der Waals surface area contributed by atoms with Gasteiger partial charge in [0.15, 0.2) is 0 Å². The molecule has 106 valence electrons. The van der Waals surface area contributed by atoms with Gasteiger partial charge in [0.1, 0.15) is 6.61 Å². The largest absolute Gasteiger partial charge is 0.445 e. The van der Waals surface area contributed by atoms with E-state index >= 15 is 0 Å². The van der Waals surface area contributed by atoms with Crippen LogP contribution in [0.15, 0.2) is 30.3 Å². The lowest BCUT2D eigenvalue weighted by atomic mass is 10.2. The van der Waals surface area contributed by atoms with E-state index in [1.54, 1.807) is 0 Å². The maximum Gasteiger partial charge on any atom is 0.407 e. The molecule has 4 heteroatoms. The zero-order valence-corrected chi connectivity index (χ0v) is 12.1. The van der Waals surface area contributed by atoms with Crippen LogP contribution in [0.1, 0.15) is 33.3 Å². The van der Waals surface area contributed by atoms with E-state index in [1.165, 1.54) is 0 Å². The number of nitrogens with one attached hydrogen (secondary N) is 1. The molecule has 0 spiro atoms. The van der Waals surface area contributed by atoms with Crippen LogP contribution in [-0.4, -0.2) is 24.3 Å². The van der Waals surface area contributed by atoms with Gasteiger partial charge in [0.25, 0.3) is 0 Å². The monoisotopic (exact) mass is 265 g/mol. The van der Waals surface area contributed by atoms with Crippen LogP contribution in [0.4, 0.5) is 4.79 Å². The van der Waals surface area contributed by atoms with Gasteiger partial charge in [0.2, 0.25) is 0 Å². The lowest BCUT2D eigenvalue weighted by Crippen LogP contribution is -2.38. The number of alkyl carbamates (subject to hydrolysis) is 1. The van der Waals surface area contributed by atoms with E-state index in [4.69, 9.17) is 9.47 Å². The molecule has 1 aromatic rings. The molecule has 0 heterocycles. The fourth-order valence-electron chi connectivity index (χ4n) is 1.38. The molecule has 19 heavy (non-hydrogen) atoms. The molecule has 1 rings (SSSR count). The van der Waals surface area contributed by atoms with E-state index in [1.807, 2.05) is 58.0 Å². The molecule has 4 nitrogen and oxygen atoms in total. The summed E-state index contributed by atoms with van der Waals surface area (Å²) < 4.78 is 10.7. The Hall–Kier alpha value is -1.55. The quantitative estimate of drug-likeness (QED) is 0.889. The normalized spacial score (nSPS) is 12.8. The summed E-state index contributed by atoms with van der Waals surface area (Å²) in [4.78, 5) is 11.6. The molecular weight excluding hydrogens is 242 g/mol. The smallest absolute Gasteiger partial charge is 0.407 e. The van der Waals surface area contributed by atoms with E-state index in [0.29, 0.717) is 6.61 Å². The Balaban J connectivity index is 2.24. The first-order valence-electron chi connectivity index (χ1n) is 6.48. The second-order valence-electron chi connectivity index (χ2n) is 5.53. The number of carbonyl (C=O) groups is 1. The first kappa shape index (κ1) is 15.5. The van der Waals surface area contributed by atoms with Gasteiger partial charge in [0.05, 0.1) is 18.2 Å². The Labute approximate surface area is 115 Å². The van der Waals surface area contributed by atoms with Crippen LogP contribution >= 0.6 is 0 Å². The van der Waals surface area contributed by atoms with Gasteiger partial charge in [-0.15, -0.1) is 0 Å². The van der Waals surface area contributed by atoms with Crippen molar-refractivity contribution in [2.75, 3.05) is 6.61 Å². The molecule has 0 bridgehead atoms. The SMILES string of the molecule is C[C@@H](COC(C)(C)C)NC(=O)OCc1ccccc1. The van der Waals surface area contributed by atoms with E-state index < -0.39 is 6.09 Å². The molecular formula is C15H23NO3. The summed E-state index contributed by atoms with van der Waals surface area (Å²) in [5.41, 5.74) is 0.764. The molecule has 1 atom stereocenters. The van der Waals surface area contributed by atoms with Crippen molar-refractivity contribution in [3.63, 3.8) is 0 Å². The predicted molar refractivity (Wildman–Crippen MR) is 74.9 cm³/mol. The van der Waals surface area contributed by atoms with Crippen LogP contribution in [0.5, 0.6) is 0 Å². The number of rotatable bonds is 5. The Morgan fingerprint density at radius 3 is 2.47 bits per heavy atom. The van der Waals surface area contributed by atoms with Gasteiger partial charge in [-0.25, -0.2) is 4.79 Å². The molecule has 0 unspecified atom stereocenters. The Morgan fingerprint density at radius 1 is 1.26 bits per heavy atom. The van der Waals surface area contributed by atoms with Gasteiger partial charge >= 0.3 is 6.09 Å². The van der Waals surface area contributed by atoms with Crippen molar-refractivity contribution in [2.45, 2.75) is 45.9 Å². The van der Waals surface area contributed by atoms with Gasteiger partial charge in [-0.1, -0.05) is 30.3 Å². The number of hydrogen-bond donors (Lipinski definition) is 1. The molecule has 0 fully saturated rings. The van der Waals surface area contributed by atoms with Crippen molar-refractivity contribution >= 4 is 6.09 Å². The third kappa shape index (κ3) is 7.47. The van der Waals surface area contributed by atoms with E-state index in [-0.39, 0.29) is 18.2 Å². The first-order valence-corrected chi connectivity index (χ1v) is 6.48. The van der Waals surface area contributed by atoms with Crippen LogP contribution in [0.3, 0.4) is 0 Å². The molecule has 0 saturated carbocycles. The van der Waals surface area contributed by atoms with Crippen LogP contribution in [0.2, 0.25) is 0 Å². The molecule has 0 aliphatic heterocycles. The number of amides is 1. The summed E-state index contributed by atoms with van der Waals surface area (Å²) in [5.74, 6) is 0. The van der Waals surface area contributed by atoms with Crippen molar-refractivity contribution in [3.05, 3.63) is 35.9 Å². The maximum absolute atomic E-state index is 11.6. The molecule has 1 N–H and O–H groups in total. The summed E-state index contributed by atoms with van der Waals surface area (Å²) in [7, 11) is 0. The molecule has 0 aliphatic rings. The molecule has 0 saturated heterocycles. The van der Waals surface area contributed by atoms with E-state index in [0.717, 1.165) is 5.56 Å². The zero-order chi connectivity index (χ0) is 14.3. The molecule has 0 aromatic heterocycles. The van der Waals surface area contributed by atoms with Gasteiger partial charge in [-0.2, -0.15) is 0 Å². The average molecular weight is 265 g/mol. The fraction of sp³-hybridized carbons (Fsp3) is 0.533. The van der Waals surface area contributed by atoms with Crippen LogP contribution in [-0.2, 0) is 16.1 Å². The summed E-state index contributed by atoms with van der Waals surface area (Å²) in [6.45, 7) is 8.56. The maximum atomic E-state index is 11.6. The summed E-state index contributed by atoms with van der Waals surface area (Å²) >= 11 is 0. The predicted octanol–water partition coefficient (Wildman–Crippen LogP) is 3.12. The van der Waals surface area contributed by atoms with Gasteiger partial charge in [-0.05, 0) is 33.3 Å². The minimum atomic E-state index is -0.422. The minimum absolute atomic E-state index is 0.0810. The topological polar surface area (TPSA) is 47.6 Å². The number of hydrogen-bond acceptors (Lipinski definition) is 3. The Kier molecular flexibility index (Phi) is 5.83. The van der Waals surface area contributed by atoms with Gasteiger partial charge in [0, 0.05) is 0 Å². The Morgan fingerprint density at radius 2 is 1.89 bits per heavy atom. The summed E-state index contributed by atoms with van der Waals surface area (Å²) in [6.07, 6.45) is -0.422. The lowest BCUT2D eigenvalue weighted by molar-refractivity contribution is -0.0124. The standard InChI is InChI=1S/C15H23NO3/c1-12(10-19-15(2,3)4)16-14(17)18-11-13-8-6-5-7-9-13/h5-9,12H,10-11H2,1-4H3,(H,16,17)/t12-/m0/s1. The third-order valence-corrected chi connectivity index (χ3v) is 2.34. The highest BCUT2D eigenvalue weighted by Crippen LogP contribution is 2.07. The van der Waals surface area contributed by atoms with E-state index in [2.05, 4.69) is 5.32 Å². The number of benzene rings is 1. The zero-order valence-electron chi connectivity index (χ0n) is 12.1. The molecule has 1 amide bonds. The van der Waals surface area contributed by atoms with Gasteiger partial charge < -0.3 is 14.8 Å². The van der Waals surface area contributed by atoms with Crippen molar-refractivity contribution in [1.82, 2.24) is 5.32 Å². The number of carbonyl (C=O) groups excluding carboxylic acids is 1. The average Bonchev–Trinajstić information content (AvgIpc) is 2.34. The minimum Gasteiger partial charge on any atom is -0.445 e. The Bertz CT molecular complexity index is 384.